The molecule has 3 aromatic carbocycles. The van der Waals surface area contributed by atoms with Gasteiger partial charge in [-0.1, -0.05) is 30.3 Å². The van der Waals surface area contributed by atoms with Gasteiger partial charge in [-0.25, -0.2) is 4.79 Å². The topological polar surface area (TPSA) is 104 Å². The lowest BCUT2D eigenvalue weighted by Crippen LogP contribution is -2.21. The second-order valence-corrected chi connectivity index (χ2v) is 7.66. The first-order valence-corrected chi connectivity index (χ1v) is 11.0. The minimum Gasteiger partial charge on any atom is -0.497 e. The van der Waals surface area contributed by atoms with E-state index in [9.17, 15) is 10.1 Å². The van der Waals surface area contributed by atoms with Crippen LogP contribution in [-0.4, -0.2) is 19.7 Å². The Morgan fingerprint density at radius 1 is 1.09 bits per heavy atom. The van der Waals surface area contributed by atoms with Crippen LogP contribution in [0, 0.1) is 11.3 Å². The Balaban J connectivity index is 1.57. The molecule has 0 radical (unpaired) electrons. The first-order chi connectivity index (χ1) is 17.0. The third-order valence-electron chi connectivity index (χ3n) is 5.44. The zero-order chi connectivity index (χ0) is 24.8. The molecule has 7 nitrogen and oxygen atoms in total. The summed E-state index contributed by atoms with van der Waals surface area (Å²) in [5.41, 5.74) is 8.80. The molecule has 0 amide bonds. The number of carbonyl (C=O) groups excluding carboxylic acids is 1. The number of carbonyl (C=O) groups is 1. The first kappa shape index (κ1) is 23.5. The summed E-state index contributed by atoms with van der Waals surface area (Å²) in [5.74, 6) is 1.16. The lowest BCUT2D eigenvalue weighted by atomic mass is 9.83. The molecule has 0 aromatic heterocycles. The van der Waals surface area contributed by atoms with Crippen molar-refractivity contribution >= 4 is 12.0 Å². The number of nitriles is 1. The summed E-state index contributed by atoms with van der Waals surface area (Å²) in [4.78, 5) is 12.4. The maximum absolute atomic E-state index is 12.4. The Hall–Kier alpha value is -4.70. The number of benzene rings is 3. The number of nitrogens with two attached hydrogens (primary N) is 1. The average molecular weight is 469 g/mol. The molecule has 176 valence electrons. The molecule has 1 aliphatic rings. The van der Waals surface area contributed by atoms with Gasteiger partial charge in [0.1, 0.15) is 34.6 Å². The van der Waals surface area contributed by atoms with Crippen LogP contribution < -0.4 is 24.7 Å². The molecule has 0 saturated heterocycles. The highest BCUT2D eigenvalue weighted by Crippen LogP contribution is 2.44. The van der Waals surface area contributed by atoms with Crippen molar-refractivity contribution in [2.45, 2.75) is 12.8 Å². The highest BCUT2D eigenvalue weighted by Gasteiger charge is 2.31. The molecule has 0 bridgehead atoms. The third kappa shape index (κ3) is 5.28. The number of esters is 1. The number of fused-ring (bicyclic) bond motifs is 1. The average Bonchev–Trinajstić information content (AvgIpc) is 2.87. The quantitative estimate of drug-likeness (QED) is 0.298. The van der Waals surface area contributed by atoms with Crippen molar-refractivity contribution in [3.8, 4) is 29.1 Å². The van der Waals surface area contributed by atoms with Crippen LogP contribution in [0.2, 0.25) is 0 Å². The number of methoxy groups -OCH3 is 1. The first-order valence-electron chi connectivity index (χ1n) is 11.0. The Kier molecular flexibility index (Phi) is 7.03. The van der Waals surface area contributed by atoms with Gasteiger partial charge in [-0.15, -0.1) is 0 Å². The van der Waals surface area contributed by atoms with Crippen molar-refractivity contribution in [2.75, 3.05) is 13.7 Å². The van der Waals surface area contributed by atoms with E-state index in [0.717, 1.165) is 22.4 Å². The van der Waals surface area contributed by atoms with E-state index in [4.69, 9.17) is 24.7 Å². The monoisotopic (exact) mass is 468 g/mol. The maximum atomic E-state index is 12.4. The highest BCUT2D eigenvalue weighted by molar-refractivity contribution is 5.88. The second-order valence-electron chi connectivity index (χ2n) is 7.66. The summed E-state index contributed by atoms with van der Waals surface area (Å²) in [7, 11) is 1.59. The zero-order valence-electron chi connectivity index (χ0n) is 19.4. The van der Waals surface area contributed by atoms with Gasteiger partial charge < -0.3 is 24.7 Å². The molecule has 2 N–H and O–H groups in total. The molecule has 35 heavy (non-hydrogen) atoms. The van der Waals surface area contributed by atoms with Gasteiger partial charge in [0, 0.05) is 17.7 Å². The van der Waals surface area contributed by atoms with E-state index in [-0.39, 0.29) is 5.88 Å². The van der Waals surface area contributed by atoms with E-state index in [1.807, 2.05) is 43.3 Å². The van der Waals surface area contributed by atoms with Gasteiger partial charge in [-0.3, -0.25) is 0 Å². The van der Waals surface area contributed by atoms with Crippen molar-refractivity contribution in [1.29, 1.82) is 5.26 Å². The van der Waals surface area contributed by atoms with Crippen LogP contribution in [0.3, 0.4) is 0 Å². The smallest absolute Gasteiger partial charge is 0.336 e. The maximum Gasteiger partial charge on any atom is 0.336 e. The van der Waals surface area contributed by atoms with Gasteiger partial charge in [-0.05, 0) is 54.5 Å². The van der Waals surface area contributed by atoms with Gasteiger partial charge in [0.05, 0.1) is 19.6 Å². The molecule has 1 atom stereocenters. The van der Waals surface area contributed by atoms with Crippen LogP contribution in [0.4, 0.5) is 0 Å². The van der Waals surface area contributed by atoms with Crippen molar-refractivity contribution in [3.63, 3.8) is 0 Å². The molecule has 4 rings (SSSR count). The fourth-order valence-electron chi connectivity index (χ4n) is 3.82. The minimum atomic E-state index is -0.543. The standard InChI is InChI=1S/C28H24N2O5/c1-3-33-21-6-4-5-19(15-21)27-23-13-12-22(16-25(23)35-28(30)24(27)17-29)34-26(31)14-9-18-7-10-20(32-2)11-8-18/h4-16,27H,3,30H2,1-2H3/b14-9+. The van der Waals surface area contributed by atoms with E-state index in [1.165, 1.54) is 6.08 Å². The Labute approximate surface area is 203 Å². The van der Waals surface area contributed by atoms with Crippen molar-refractivity contribution in [3.05, 3.63) is 101 Å². The van der Waals surface area contributed by atoms with Crippen LogP contribution >= 0.6 is 0 Å². The fraction of sp³-hybridized carbons (Fsp3) is 0.143. The number of rotatable bonds is 7. The van der Waals surface area contributed by atoms with Crippen molar-refractivity contribution < 1.29 is 23.7 Å². The molecule has 0 spiro atoms. The summed E-state index contributed by atoms with van der Waals surface area (Å²) >= 11 is 0. The summed E-state index contributed by atoms with van der Waals surface area (Å²) in [6.07, 6.45) is 2.99. The molecule has 0 saturated carbocycles. The van der Waals surface area contributed by atoms with Crippen LogP contribution in [0.5, 0.6) is 23.0 Å². The summed E-state index contributed by atoms with van der Waals surface area (Å²) in [5, 5.41) is 9.76. The van der Waals surface area contributed by atoms with E-state index >= 15 is 0 Å². The summed E-state index contributed by atoms with van der Waals surface area (Å²) in [6.45, 7) is 2.43. The number of nitrogens with zero attached hydrogens (tertiary/aromatic N) is 1. The van der Waals surface area contributed by atoms with Gasteiger partial charge in [-0.2, -0.15) is 5.26 Å². The SMILES string of the molecule is CCOc1cccc(C2C(C#N)=C(N)Oc3cc(OC(=O)/C=C/c4ccc(OC)cc4)ccc32)c1. The number of ether oxygens (including phenoxy) is 4. The van der Waals surface area contributed by atoms with E-state index in [1.54, 1.807) is 43.5 Å². The molecular weight excluding hydrogens is 444 g/mol. The van der Waals surface area contributed by atoms with E-state index in [2.05, 4.69) is 6.07 Å². The van der Waals surface area contributed by atoms with E-state index in [0.29, 0.717) is 29.4 Å². The number of allylic oxidation sites excluding steroid dienone is 1. The minimum absolute atomic E-state index is 0.00897. The lowest BCUT2D eigenvalue weighted by Gasteiger charge is -2.27. The summed E-state index contributed by atoms with van der Waals surface area (Å²) < 4.78 is 21.9. The summed E-state index contributed by atoms with van der Waals surface area (Å²) in [6, 6.07) is 22.0. The number of hydrogen-bond acceptors (Lipinski definition) is 7. The van der Waals surface area contributed by atoms with Crippen LogP contribution in [0.25, 0.3) is 6.08 Å². The highest BCUT2D eigenvalue weighted by atomic mass is 16.5. The molecule has 1 unspecified atom stereocenters. The molecule has 0 fully saturated rings. The van der Waals surface area contributed by atoms with Crippen LogP contribution in [0.15, 0.2) is 84.3 Å². The largest absolute Gasteiger partial charge is 0.497 e. The van der Waals surface area contributed by atoms with Crippen LogP contribution in [0.1, 0.15) is 29.5 Å². The predicted molar refractivity (Wildman–Crippen MR) is 131 cm³/mol. The normalized spacial score (nSPS) is 14.6. The zero-order valence-corrected chi connectivity index (χ0v) is 19.4. The Morgan fingerprint density at radius 2 is 1.86 bits per heavy atom. The second kappa shape index (κ2) is 10.5. The molecule has 0 aliphatic carbocycles. The molecule has 1 aliphatic heterocycles. The van der Waals surface area contributed by atoms with Gasteiger partial charge in [0.2, 0.25) is 5.88 Å². The van der Waals surface area contributed by atoms with Gasteiger partial charge in [0.15, 0.2) is 0 Å². The number of hydrogen-bond donors (Lipinski definition) is 1. The molecule has 1 heterocycles. The Bertz CT molecular complexity index is 1340. The van der Waals surface area contributed by atoms with Gasteiger partial charge >= 0.3 is 5.97 Å². The van der Waals surface area contributed by atoms with Crippen molar-refractivity contribution in [2.24, 2.45) is 5.73 Å². The molecular formula is C28H24N2O5. The predicted octanol–water partition coefficient (Wildman–Crippen LogP) is 4.93. The van der Waals surface area contributed by atoms with Crippen LogP contribution in [-0.2, 0) is 4.79 Å². The lowest BCUT2D eigenvalue weighted by molar-refractivity contribution is -0.128. The molecule has 7 heteroatoms. The molecule has 3 aromatic rings. The van der Waals surface area contributed by atoms with Crippen molar-refractivity contribution in [1.82, 2.24) is 0 Å². The van der Waals surface area contributed by atoms with Gasteiger partial charge in [0.25, 0.3) is 0 Å². The van der Waals surface area contributed by atoms with E-state index < -0.39 is 11.9 Å². The Morgan fingerprint density at radius 3 is 2.57 bits per heavy atom. The fourth-order valence-corrected chi connectivity index (χ4v) is 3.82. The third-order valence-corrected chi connectivity index (χ3v) is 5.44.